The molecule has 1 saturated heterocycles. The zero-order valence-electron chi connectivity index (χ0n) is 15.3. The zero-order valence-corrected chi connectivity index (χ0v) is 15.3. The van der Waals surface area contributed by atoms with E-state index >= 15 is 0 Å². The normalized spacial score (nSPS) is 16.8. The lowest BCUT2D eigenvalue weighted by Crippen LogP contribution is -2.29. The Labute approximate surface area is 152 Å². The van der Waals surface area contributed by atoms with E-state index in [-0.39, 0.29) is 24.2 Å². The monoisotopic (exact) mass is 358 g/mol. The summed E-state index contributed by atoms with van der Waals surface area (Å²) in [7, 11) is 0. The van der Waals surface area contributed by atoms with E-state index in [9.17, 15) is 14.0 Å². The summed E-state index contributed by atoms with van der Waals surface area (Å²) in [6.07, 6.45) is 0.834. The molecule has 2 aromatic rings. The van der Waals surface area contributed by atoms with Crippen molar-refractivity contribution in [2.75, 3.05) is 19.7 Å². The van der Waals surface area contributed by atoms with E-state index in [0.717, 1.165) is 12.0 Å². The van der Waals surface area contributed by atoms with Gasteiger partial charge in [-0.15, -0.1) is 0 Å². The summed E-state index contributed by atoms with van der Waals surface area (Å²) >= 11 is 0. The van der Waals surface area contributed by atoms with Crippen LogP contribution in [0.3, 0.4) is 0 Å². The van der Waals surface area contributed by atoms with Crippen LogP contribution in [0.5, 0.6) is 0 Å². The molecule has 1 amide bonds. The molecule has 5 nitrogen and oxygen atoms in total. The van der Waals surface area contributed by atoms with Crippen molar-refractivity contribution >= 4 is 11.9 Å². The van der Waals surface area contributed by atoms with E-state index in [2.05, 4.69) is 4.98 Å². The number of carbonyl (C=O) groups is 2. The van der Waals surface area contributed by atoms with Gasteiger partial charge in [0.2, 0.25) is 0 Å². The third-order valence-electron chi connectivity index (χ3n) is 4.95. The highest BCUT2D eigenvalue weighted by atomic mass is 19.1. The van der Waals surface area contributed by atoms with Crippen LogP contribution in [0.1, 0.15) is 56.9 Å². The molecular weight excluding hydrogens is 335 g/mol. The third-order valence-corrected chi connectivity index (χ3v) is 4.95. The van der Waals surface area contributed by atoms with Crippen LogP contribution in [0.15, 0.2) is 24.3 Å². The molecule has 1 aromatic heterocycles. The minimum absolute atomic E-state index is 0.120. The minimum atomic E-state index is -0.414. The molecule has 1 aliphatic rings. The van der Waals surface area contributed by atoms with Crippen molar-refractivity contribution in [1.29, 1.82) is 0 Å². The molecule has 1 aliphatic heterocycles. The molecule has 6 heteroatoms. The molecule has 1 aromatic carbocycles. The highest BCUT2D eigenvalue weighted by molar-refractivity contribution is 6.00. The Hall–Kier alpha value is -2.63. The topological polar surface area (TPSA) is 62.4 Å². The van der Waals surface area contributed by atoms with Crippen LogP contribution in [-0.2, 0) is 4.74 Å². The van der Waals surface area contributed by atoms with Gasteiger partial charge in [0.25, 0.3) is 5.91 Å². The van der Waals surface area contributed by atoms with Crippen LogP contribution in [0.25, 0.3) is 0 Å². The highest BCUT2D eigenvalue weighted by Crippen LogP contribution is 2.29. The van der Waals surface area contributed by atoms with Gasteiger partial charge in [0.15, 0.2) is 0 Å². The molecule has 1 fully saturated rings. The maximum atomic E-state index is 13.1. The van der Waals surface area contributed by atoms with Crippen LogP contribution < -0.4 is 0 Å². The first-order chi connectivity index (χ1) is 12.4. The lowest BCUT2D eigenvalue weighted by Gasteiger charge is -2.16. The molecule has 0 radical (unpaired) electrons. The maximum Gasteiger partial charge on any atom is 0.340 e. The van der Waals surface area contributed by atoms with Crippen molar-refractivity contribution < 1.29 is 18.7 Å². The van der Waals surface area contributed by atoms with Crippen LogP contribution >= 0.6 is 0 Å². The van der Waals surface area contributed by atoms with E-state index < -0.39 is 5.97 Å². The number of benzene rings is 1. The number of nitrogens with zero attached hydrogens (tertiary/aromatic N) is 1. The minimum Gasteiger partial charge on any atom is -0.462 e. The Kier molecular flexibility index (Phi) is 5.11. The fourth-order valence-electron chi connectivity index (χ4n) is 3.58. The fraction of sp³-hybridized carbons (Fsp3) is 0.400. The van der Waals surface area contributed by atoms with Crippen LogP contribution in [-0.4, -0.2) is 41.5 Å². The smallest absolute Gasteiger partial charge is 0.340 e. The first kappa shape index (κ1) is 18.2. The number of aryl methyl sites for hydroxylation is 1. The Morgan fingerprint density at radius 1 is 1.27 bits per heavy atom. The fourth-order valence-corrected chi connectivity index (χ4v) is 3.58. The van der Waals surface area contributed by atoms with E-state index in [1.807, 2.05) is 0 Å². The lowest BCUT2D eigenvalue weighted by molar-refractivity contribution is 0.0525. The summed E-state index contributed by atoms with van der Waals surface area (Å²) in [6.45, 7) is 6.78. The van der Waals surface area contributed by atoms with Gasteiger partial charge in [-0.05, 0) is 50.5 Å². The molecule has 1 atom stereocenters. The van der Waals surface area contributed by atoms with Crippen molar-refractivity contribution in [2.24, 2.45) is 0 Å². The largest absolute Gasteiger partial charge is 0.462 e. The first-order valence-corrected chi connectivity index (χ1v) is 8.83. The standard InChI is InChI=1S/C20H23FN2O3/c1-4-26-20(25)17-12(2)18(22-13(17)3)19(24)23-10-9-15(11-23)14-5-7-16(21)8-6-14/h5-8,15,22H,4,9-11H2,1-3H3. The first-order valence-electron chi connectivity index (χ1n) is 8.83. The Bertz CT molecular complexity index is 826. The average Bonchev–Trinajstić information content (AvgIpc) is 3.20. The summed E-state index contributed by atoms with van der Waals surface area (Å²) in [5.41, 5.74) is 3.16. The molecule has 0 spiro atoms. The van der Waals surface area contributed by atoms with Gasteiger partial charge < -0.3 is 14.6 Å². The third kappa shape index (κ3) is 3.36. The summed E-state index contributed by atoms with van der Waals surface area (Å²) < 4.78 is 18.2. The summed E-state index contributed by atoms with van der Waals surface area (Å²) in [5, 5.41) is 0. The molecule has 26 heavy (non-hydrogen) atoms. The molecule has 0 saturated carbocycles. The predicted octanol–water partition coefficient (Wildman–Crippen LogP) is 3.58. The summed E-state index contributed by atoms with van der Waals surface area (Å²) in [6, 6.07) is 6.45. The molecule has 3 rings (SSSR count). The van der Waals surface area contributed by atoms with E-state index in [1.54, 1.807) is 37.8 Å². The van der Waals surface area contributed by atoms with Crippen molar-refractivity contribution in [1.82, 2.24) is 9.88 Å². The Morgan fingerprint density at radius 3 is 2.62 bits per heavy atom. The number of H-pyrrole nitrogens is 1. The summed E-state index contributed by atoms with van der Waals surface area (Å²) in [4.78, 5) is 29.9. The molecule has 0 aliphatic carbocycles. The van der Waals surface area contributed by atoms with Crippen molar-refractivity contribution in [3.05, 3.63) is 58.2 Å². The molecule has 1 unspecified atom stereocenters. The second-order valence-corrected chi connectivity index (χ2v) is 6.63. The number of nitrogens with one attached hydrogen (secondary N) is 1. The summed E-state index contributed by atoms with van der Waals surface area (Å²) in [5.74, 6) is -0.599. The molecule has 2 heterocycles. The van der Waals surface area contributed by atoms with Crippen LogP contribution in [0.4, 0.5) is 4.39 Å². The van der Waals surface area contributed by atoms with Gasteiger partial charge in [-0.25, -0.2) is 9.18 Å². The quantitative estimate of drug-likeness (QED) is 0.850. The number of carbonyl (C=O) groups excluding carboxylic acids is 2. The number of likely N-dealkylation sites (tertiary alicyclic amines) is 1. The number of rotatable bonds is 4. The molecule has 0 bridgehead atoms. The van der Waals surface area contributed by atoms with Gasteiger partial charge in [-0.3, -0.25) is 4.79 Å². The zero-order chi connectivity index (χ0) is 18.8. The highest BCUT2D eigenvalue weighted by Gasteiger charge is 2.31. The number of hydrogen-bond donors (Lipinski definition) is 1. The second-order valence-electron chi connectivity index (χ2n) is 6.63. The number of hydrogen-bond acceptors (Lipinski definition) is 3. The molecule has 138 valence electrons. The van der Waals surface area contributed by atoms with Crippen LogP contribution in [0, 0.1) is 19.7 Å². The van der Waals surface area contributed by atoms with Gasteiger partial charge in [0.1, 0.15) is 11.5 Å². The number of aromatic nitrogens is 1. The number of ether oxygens (including phenoxy) is 1. The SMILES string of the molecule is CCOC(=O)c1c(C)[nH]c(C(=O)N2CCC(c3ccc(F)cc3)C2)c1C. The van der Waals surface area contributed by atoms with Crippen molar-refractivity contribution in [3.8, 4) is 0 Å². The number of amides is 1. The van der Waals surface area contributed by atoms with Gasteiger partial charge in [0, 0.05) is 24.7 Å². The van der Waals surface area contributed by atoms with Crippen molar-refractivity contribution in [2.45, 2.75) is 33.1 Å². The lowest BCUT2D eigenvalue weighted by atomic mass is 9.99. The van der Waals surface area contributed by atoms with Gasteiger partial charge in [-0.1, -0.05) is 12.1 Å². The van der Waals surface area contributed by atoms with Gasteiger partial charge in [-0.2, -0.15) is 0 Å². The predicted molar refractivity (Wildman–Crippen MR) is 95.9 cm³/mol. The number of esters is 1. The average molecular weight is 358 g/mol. The second kappa shape index (κ2) is 7.32. The number of halogens is 1. The van der Waals surface area contributed by atoms with Crippen molar-refractivity contribution in [3.63, 3.8) is 0 Å². The van der Waals surface area contributed by atoms with Gasteiger partial charge in [0.05, 0.1) is 12.2 Å². The van der Waals surface area contributed by atoms with E-state index in [1.165, 1.54) is 12.1 Å². The Morgan fingerprint density at radius 2 is 1.96 bits per heavy atom. The van der Waals surface area contributed by atoms with E-state index in [0.29, 0.717) is 35.6 Å². The Balaban J connectivity index is 1.77. The van der Waals surface area contributed by atoms with E-state index in [4.69, 9.17) is 4.74 Å². The molecule has 1 N–H and O–H groups in total. The maximum absolute atomic E-state index is 13.1. The number of aromatic amines is 1. The van der Waals surface area contributed by atoms with Crippen LogP contribution in [0.2, 0.25) is 0 Å². The molecular formula is C20H23FN2O3. The van der Waals surface area contributed by atoms with Gasteiger partial charge >= 0.3 is 5.97 Å².